The van der Waals surface area contributed by atoms with Crippen molar-refractivity contribution in [1.29, 1.82) is 0 Å². The fourth-order valence-electron chi connectivity index (χ4n) is 3.32. The van der Waals surface area contributed by atoms with Crippen LogP contribution in [0, 0.1) is 0 Å². The molecule has 0 bridgehead atoms. The van der Waals surface area contributed by atoms with Gasteiger partial charge in [-0.3, -0.25) is 15.0 Å². The van der Waals surface area contributed by atoms with Crippen LogP contribution in [-0.2, 0) is 9.53 Å². The van der Waals surface area contributed by atoms with Gasteiger partial charge in [0.25, 0.3) is 0 Å². The third-order valence-corrected chi connectivity index (χ3v) is 4.71. The topological polar surface area (TPSA) is 44.8 Å². The molecule has 5 heteroatoms. The van der Waals surface area contributed by atoms with Crippen LogP contribution in [0.25, 0.3) is 0 Å². The summed E-state index contributed by atoms with van der Waals surface area (Å²) in [6.07, 6.45) is 5.71. The van der Waals surface area contributed by atoms with E-state index < -0.39 is 5.54 Å². The van der Waals surface area contributed by atoms with Crippen LogP contribution in [0.4, 0.5) is 0 Å². The molecular formula is C16H31N3O2. The fourth-order valence-corrected chi connectivity index (χ4v) is 3.32. The highest BCUT2D eigenvalue weighted by Gasteiger charge is 2.40. The number of hydrogen-bond acceptors (Lipinski definition) is 5. The van der Waals surface area contributed by atoms with Crippen molar-refractivity contribution in [2.45, 2.75) is 56.7 Å². The van der Waals surface area contributed by atoms with Crippen LogP contribution in [0.1, 0.15) is 39.0 Å². The lowest BCUT2D eigenvalue weighted by atomic mass is 9.97. The Hall–Kier alpha value is -0.650. The normalized spacial score (nSPS) is 26.0. The van der Waals surface area contributed by atoms with Gasteiger partial charge in [0.05, 0.1) is 7.11 Å². The zero-order valence-corrected chi connectivity index (χ0v) is 14.0. The van der Waals surface area contributed by atoms with Crippen LogP contribution in [-0.4, -0.2) is 74.2 Å². The van der Waals surface area contributed by atoms with Crippen molar-refractivity contribution in [2.24, 2.45) is 0 Å². The SMILES string of the molecule is COC(=O)C(C)(CCN1CCCC1CN(C)C)NC1CC1. The molecule has 1 aliphatic carbocycles. The molecular weight excluding hydrogens is 266 g/mol. The number of likely N-dealkylation sites (tertiary alicyclic amines) is 1. The van der Waals surface area contributed by atoms with Crippen molar-refractivity contribution in [3.05, 3.63) is 0 Å². The lowest BCUT2D eigenvalue weighted by Gasteiger charge is -2.33. The third kappa shape index (κ3) is 4.66. The summed E-state index contributed by atoms with van der Waals surface area (Å²) >= 11 is 0. The molecule has 0 radical (unpaired) electrons. The van der Waals surface area contributed by atoms with Crippen molar-refractivity contribution in [3.8, 4) is 0 Å². The molecule has 0 amide bonds. The summed E-state index contributed by atoms with van der Waals surface area (Å²) in [6, 6.07) is 1.13. The predicted octanol–water partition coefficient (Wildman–Crippen LogP) is 1.09. The first kappa shape index (κ1) is 16.7. The summed E-state index contributed by atoms with van der Waals surface area (Å²) in [5, 5.41) is 3.49. The van der Waals surface area contributed by atoms with Gasteiger partial charge in [-0.15, -0.1) is 0 Å². The first-order valence-corrected chi connectivity index (χ1v) is 8.19. The van der Waals surface area contributed by atoms with Crippen molar-refractivity contribution >= 4 is 5.97 Å². The minimum Gasteiger partial charge on any atom is -0.468 e. The summed E-state index contributed by atoms with van der Waals surface area (Å²) < 4.78 is 5.02. The van der Waals surface area contributed by atoms with Crippen molar-refractivity contribution < 1.29 is 9.53 Å². The van der Waals surface area contributed by atoms with Gasteiger partial charge in [0.1, 0.15) is 5.54 Å². The second-order valence-corrected chi connectivity index (χ2v) is 7.09. The molecule has 1 aliphatic heterocycles. The summed E-state index contributed by atoms with van der Waals surface area (Å²) in [4.78, 5) is 16.9. The van der Waals surface area contributed by atoms with Crippen molar-refractivity contribution in [2.75, 3.05) is 40.8 Å². The standard InChI is InChI=1S/C16H31N3O2/c1-16(15(20)21-4,17-13-7-8-13)9-11-19-10-5-6-14(19)12-18(2)3/h13-14,17H,5-12H2,1-4H3. The summed E-state index contributed by atoms with van der Waals surface area (Å²) in [5.41, 5.74) is -0.541. The Balaban J connectivity index is 1.89. The molecule has 0 aromatic heterocycles. The predicted molar refractivity (Wildman–Crippen MR) is 84.3 cm³/mol. The van der Waals surface area contributed by atoms with Gasteiger partial charge in [-0.25, -0.2) is 0 Å². The number of rotatable bonds is 8. The monoisotopic (exact) mass is 297 g/mol. The van der Waals surface area contributed by atoms with Crippen LogP contribution in [0.2, 0.25) is 0 Å². The Labute approximate surface area is 129 Å². The quantitative estimate of drug-likeness (QED) is 0.679. The van der Waals surface area contributed by atoms with Crippen LogP contribution in [0.15, 0.2) is 0 Å². The van der Waals surface area contributed by atoms with Crippen LogP contribution >= 0.6 is 0 Å². The van der Waals surface area contributed by atoms with Gasteiger partial charge in [0.2, 0.25) is 0 Å². The molecule has 1 saturated carbocycles. The molecule has 0 spiro atoms. The van der Waals surface area contributed by atoms with Gasteiger partial charge in [0.15, 0.2) is 0 Å². The molecule has 21 heavy (non-hydrogen) atoms. The maximum atomic E-state index is 12.1. The third-order valence-electron chi connectivity index (χ3n) is 4.71. The molecule has 5 nitrogen and oxygen atoms in total. The summed E-state index contributed by atoms with van der Waals surface area (Å²) in [7, 11) is 5.74. The molecule has 2 aliphatic rings. The molecule has 1 heterocycles. The van der Waals surface area contributed by atoms with Crippen molar-refractivity contribution in [1.82, 2.24) is 15.1 Å². The summed E-state index contributed by atoms with van der Waals surface area (Å²) in [6.45, 7) is 5.21. The summed E-state index contributed by atoms with van der Waals surface area (Å²) in [5.74, 6) is -0.127. The zero-order chi connectivity index (χ0) is 15.5. The second-order valence-electron chi connectivity index (χ2n) is 7.09. The van der Waals surface area contributed by atoms with E-state index in [0.717, 1.165) is 26.1 Å². The van der Waals surface area contributed by atoms with Crippen LogP contribution in [0.5, 0.6) is 0 Å². The van der Waals surface area contributed by atoms with Gasteiger partial charge in [-0.1, -0.05) is 0 Å². The number of ether oxygens (including phenoxy) is 1. The lowest BCUT2D eigenvalue weighted by molar-refractivity contribution is -0.148. The van der Waals surface area contributed by atoms with Crippen LogP contribution < -0.4 is 5.32 Å². The number of likely N-dealkylation sites (N-methyl/N-ethyl adjacent to an activating group) is 1. The maximum absolute atomic E-state index is 12.1. The molecule has 0 aromatic carbocycles. The molecule has 2 unspecified atom stereocenters. The van der Waals surface area contributed by atoms with E-state index in [4.69, 9.17) is 4.74 Å². The minimum absolute atomic E-state index is 0.127. The molecule has 2 rings (SSSR count). The van der Waals surface area contributed by atoms with E-state index in [2.05, 4.69) is 29.2 Å². The molecule has 1 N–H and O–H groups in total. The number of hydrogen-bond donors (Lipinski definition) is 1. The molecule has 2 atom stereocenters. The first-order valence-electron chi connectivity index (χ1n) is 8.19. The average molecular weight is 297 g/mol. The molecule has 2 fully saturated rings. The number of carbonyl (C=O) groups excluding carboxylic acids is 1. The fraction of sp³-hybridized carbons (Fsp3) is 0.938. The Bertz CT molecular complexity index is 357. The molecule has 1 saturated heterocycles. The number of methoxy groups -OCH3 is 1. The van der Waals surface area contributed by atoms with Gasteiger partial charge < -0.3 is 9.64 Å². The van der Waals surface area contributed by atoms with E-state index in [0.29, 0.717) is 12.1 Å². The first-order chi connectivity index (χ1) is 9.94. The minimum atomic E-state index is -0.541. The lowest BCUT2D eigenvalue weighted by Crippen LogP contribution is -2.53. The molecule has 0 aromatic rings. The average Bonchev–Trinajstić information content (AvgIpc) is 3.13. The van der Waals surface area contributed by atoms with E-state index in [9.17, 15) is 4.79 Å². The van der Waals surface area contributed by atoms with E-state index >= 15 is 0 Å². The molecule has 122 valence electrons. The number of nitrogens with one attached hydrogen (secondary N) is 1. The highest BCUT2D eigenvalue weighted by Crippen LogP contribution is 2.26. The van der Waals surface area contributed by atoms with E-state index in [1.54, 1.807) is 0 Å². The highest BCUT2D eigenvalue weighted by atomic mass is 16.5. The Kier molecular flexibility index (Phi) is 5.63. The highest BCUT2D eigenvalue weighted by molar-refractivity contribution is 5.80. The van der Waals surface area contributed by atoms with Gasteiger partial charge in [-0.2, -0.15) is 0 Å². The van der Waals surface area contributed by atoms with Gasteiger partial charge >= 0.3 is 5.97 Å². The smallest absolute Gasteiger partial charge is 0.325 e. The second kappa shape index (κ2) is 7.07. The van der Waals surface area contributed by atoms with Gasteiger partial charge in [0, 0.05) is 25.2 Å². The van der Waals surface area contributed by atoms with Crippen molar-refractivity contribution in [3.63, 3.8) is 0 Å². The number of esters is 1. The van der Waals surface area contributed by atoms with E-state index in [1.165, 1.54) is 32.8 Å². The van der Waals surface area contributed by atoms with E-state index in [-0.39, 0.29) is 5.97 Å². The largest absolute Gasteiger partial charge is 0.468 e. The Morgan fingerprint density at radius 3 is 2.67 bits per heavy atom. The Morgan fingerprint density at radius 2 is 2.10 bits per heavy atom. The number of carbonyl (C=O) groups is 1. The van der Waals surface area contributed by atoms with E-state index in [1.807, 2.05) is 6.92 Å². The zero-order valence-electron chi connectivity index (χ0n) is 14.0. The number of nitrogens with zero attached hydrogens (tertiary/aromatic N) is 2. The van der Waals surface area contributed by atoms with Gasteiger partial charge in [-0.05, 0) is 59.7 Å². The Morgan fingerprint density at radius 1 is 1.38 bits per heavy atom. The maximum Gasteiger partial charge on any atom is 0.325 e. The van der Waals surface area contributed by atoms with Crippen LogP contribution in [0.3, 0.4) is 0 Å².